The molecule has 1 aliphatic heterocycles. The maximum Gasteiger partial charge on any atom is 0.270 e. The van der Waals surface area contributed by atoms with E-state index in [1.807, 2.05) is 0 Å². The number of nitrogens with one attached hydrogen (secondary N) is 3. The number of carbonyl (C=O) groups is 4. The van der Waals surface area contributed by atoms with E-state index in [0.29, 0.717) is 25.8 Å². The summed E-state index contributed by atoms with van der Waals surface area (Å²) < 4.78 is 5.65. The van der Waals surface area contributed by atoms with Crippen molar-refractivity contribution in [1.82, 2.24) is 16.0 Å². The van der Waals surface area contributed by atoms with Crippen LogP contribution in [0.3, 0.4) is 0 Å². The number of quaternary nitrogens is 1. The lowest BCUT2D eigenvalue weighted by molar-refractivity contribution is -0.960. The lowest BCUT2D eigenvalue weighted by Gasteiger charge is -2.25. The summed E-state index contributed by atoms with van der Waals surface area (Å²) in [6, 6.07) is 0.189. The molecule has 4 amide bonds. The summed E-state index contributed by atoms with van der Waals surface area (Å²) in [5, 5.41) is 19.1. The highest BCUT2D eigenvalue weighted by Crippen LogP contribution is 2.25. The van der Waals surface area contributed by atoms with Gasteiger partial charge in [-0.05, 0) is 37.7 Å². The molecule has 41 heavy (non-hydrogen) atoms. The summed E-state index contributed by atoms with van der Waals surface area (Å²) in [6.45, 7) is 2.08. The molecule has 0 aromatic heterocycles. The predicted octanol–water partition coefficient (Wildman–Crippen LogP) is -1.08. The van der Waals surface area contributed by atoms with Gasteiger partial charge in [-0.2, -0.15) is 5.48 Å². The van der Waals surface area contributed by atoms with E-state index < -0.39 is 46.7 Å². The van der Waals surface area contributed by atoms with Crippen molar-refractivity contribution in [3.05, 3.63) is 33.9 Å². The maximum absolute atomic E-state index is 13.2. The van der Waals surface area contributed by atoms with Crippen molar-refractivity contribution in [3.63, 3.8) is 0 Å². The third kappa shape index (κ3) is 10.7. The molecule has 15 heteroatoms. The quantitative estimate of drug-likeness (QED) is 0.0714. The maximum atomic E-state index is 13.2. The zero-order valence-corrected chi connectivity index (χ0v) is 22.5. The molecule has 2 rings (SSSR count). The number of nitro groups is 1. The summed E-state index contributed by atoms with van der Waals surface area (Å²) in [5.74, 6) is 1.39. The van der Waals surface area contributed by atoms with Crippen LogP contribution in [-0.2, 0) is 24.3 Å². The van der Waals surface area contributed by atoms with E-state index in [4.69, 9.17) is 21.9 Å². The van der Waals surface area contributed by atoms with Gasteiger partial charge in [0, 0.05) is 29.5 Å². The number of amides is 4. The van der Waals surface area contributed by atoms with E-state index in [2.05, 4.69) is 38.8 Å². The monoisotopic (exact) mass is 573 g/mol. The summed E-state index contributed by atoms with van der Waals surface area (Å²) in [6.07, 6.45) is 8.93. The third-order valence-corrected chi connectivity index (χ3v) is 5.92. The van der Waals surface area contributed by atoms with Gasteiger partial charge >= 0.3 is 0 Å². The Morgan fingerprint density at radius 2 is 1.93 bits per heavy atom. The molecule has 2 unspecified atom stereocenters. The van der Waals surface area contributed by atoms with Crippen molar-refractivity contribution >= 4 is 29.3 Å². The molecule has 0 bridgehead atoms. The van der Waals surface area contributed by atoms with Crippen LogP contribution >= 0.6 is 0 Å². The Morgan fingerprint density at radius 1 is 1.20 bits per heavy atom. The largest absolute Gasteiger partial charge is 0.493 e. The number of nitrogens with two attached hydrogens (primary N) is 2. The average molecular weight is 574 g/mol. The molecule has 1 heterocycles. The number of primary amides is 1. The molecule has 0 spiro atoms. The van der Waals surface area contributed by atoms with E-state index in [1.165, 1.54) is 11.5 Å². The number of hydrogen-bond acceptors (Lipinski definition) is 9. The number of fused-ring (bicyclic) bond motifs is 1. The first-order chi connectivity index (χ1) is 19.7. The fraction of sp³-hybridized carbons (Fsp3) is 0.462. The van der Waals surface area contributed by atoms with Gasteiger partial charge in [-0.15, -0.1) is 6.42 Å². The van der Waals surface area contributed by atoms with Gasteiger partial charge in [0.2, 0.25) is 17.7 Å². The smallest absolute Gasteiger partial charge is 0.270 e. The highest BCUT2D eigenvalue weighted by molar-refractivity contribution is 6.01. The zero-order valence-electron chi connectivity index (χ0n) is 22.5. The fourth-order valence-corrected chi connectivity index (χ4v) is 3.85. The number of unbranched alkanes of at least 4 members (excludes halogenated alkanes) is 1. The second-order valence-corrected chi connectivity index (χ2v) is 8.92. The van der Waals surface area contributed by atoms with Crippen molar-refractivity contribution in [1.29, 1.82) is 0 Å². The van der Waals surface area contributed by atoms with Crippen molar-refractivity contribution in [2.45, 2.75) is 63.6 Å². The van der Waals surface area contributed by atoms with E-state index in [0.717, 1.165) is 12.1 Å². The Bertz CT molecular complexity index is 1220. The van der Waals surface area contributed by atoms with Gasteiger partial charge in [0.05, 0.1) is 17.1 Å². The molecular formula is C26H33N6O9+. The van der Waals surface area contributed by atoms with Gasteiger partial charge in [0.15, 0.2) is 6.11 Å². The standard InChI is InChI=1S/C26H32N6O9/c1-3-5-14-40-41-28-13-7-6-9-21-26(36)29-19(23(27)33)12-15-39-22-11-10-17(32(37)38)16-18(22)24(34)30-20(8-4-2)25(35)31-21/h1,10-11,16,19-21,28H,4,6-9,12-13,15H2,2H3,(H2,27,33)(H,29,36)(H,30,34)(H,31,35)/p+1/t19?,20-,21?/m1/s1. The zero-order chi connectivity index (χ0) is 30.2. The van der Waals surface area contributed by atoms with Crippen LogP contribution < -0.4 is 31.9 Å². The number of nitro benzene ring substituents is 1. The first-order valence-electron chi connectivity index (χ1n) is 12.9. The lowest BCUT2D eigenvalue weighted by Crippen LogP contribution is -2.82. The van der Waals surface area contributed by atoms with Crippen LogP contribution in [0.1, 0.15) is 55.8 Å². The van der Waals surface area contributed by atoms with Gasteiger partial charge in [-0.3, -0.25) is 29.3 Å². The molecule has 1 aromatic rings. The summed E-state index contributed by atoms with van der Waals surface area (Å²) >= 11 is 0. The second kappa shape index (κ2) is 17.0. The lowest BCUT2D eigenvalue weighted by atomic mass is 10.0. The van der Waals surface area contributed by atoms with Crippen LogP contribution in [0.15, 0.2) is 18.2 Å². The van der Waals surface area contributed by atoms with Crippen LogP contribution in [0.4, 0.5) is 5.69 Å². The average Bonchev–Trinajstić information content (AvgIpc) is 2.94. The van der Waals surface area contributed by atoms with E-state index in [9.17, 15) is 29.3 Å². The van der Waals surface area contributed by atoms with Crippen LogP contribution in [0.25, 0.3) is 0 Å². The van der Waals surface area contributed by atoms with Gasteiger partial charge < -0.3 is 26.4 Å². The minimum Gasteiger partial charge on any atom is -0.493 e. The molecule has 0 saturated heterocycles. The van der Waals surface area contributed by atoms with Crippen LogP contribution in [0, 0.1) is 34.5 Å². The number of ether oxygens (including phenoxy) is 1. The summed E-state index contributed by atoms with van der Waals surface area (Å²) in [5.41, 5.74) is 6.33. The number of hydroxylamine groups is 1. The number of benzene rings is 1. The Morgan fingerprint density at radius 3 is 2.61 bits per heavy atom. The highest BCUT2D eigenvalue weighted by atomic mass is 17.3. The molecule has 0 saturated carbocycles. The van der Waals surface area contributed by atoms with Crippen molar-refractivity contribution in [3.8, 4) is 30.1 Å². The van der Waals surface area contributed by atoms with Crippen LogP contribution in [0.5, 0.6) is 5.75 Å². The minimum atomic E-state index is -1.14. The highest BCUT2D eigenvalue weighted by Gasteiger charge is 2.30. The van der Waals surface area contributed by atoms with Gasteiger partial charge in [-0.1, -0.05) is 13.3 Å². The number of non-ortho nitro benzene ring substituents is 1. The molecule has 1 aromatic carbocycles. The van der Waals surface area contributed by atoms with Gasteiger partial charge in [0.25, 0.3) is 11.6 Å². The molecular weight excluding hydrogens is 540 g/mol. The van der Waals surface area contributed by atoms with Crippen LogP contribution in [-0.4, -0.2) is 59.8 Å². The normalized spacial score (nSPS) is 19.3. The predicted molar refractivity (Wildman–Crippen MR) is 142 cm³/mol. The molecule has 7 N–H and O–H groups in total. The SMILES string of the molecule is C#CC#COO[NH2+]CCCCC1NC(=O)[C@@H](CCC)NC(=O)c2cc([N+](=O)[O-])ccc2OCCC(C(N)=O)NC1=O. The molecule has 1 aliphatic rings. The molecule has 0 aliphatic carbocycles. The number of rotatable bonds is 11. The number of nitrogens with zero attached hydrogens (tertiary/aromatic N) is 1. The summed E-state index contributed by atoms with van der Waals surface area (Å²) in [4.78, 5) is 71.5. The topological polar surface area (TPSA) is 218 Å². The van der Waals surface area contributed by atoms with Gasteiger partial charge in [0.1, 0.15) is 30.4 Å². The Hall–Kier alpha value is -4.86. The van der Waals surface area contributed by atoms with E-state index in [-0.39, 0.29) is 42.9 Å². The first-order valence-corrected chi connectivity index (χ1v) is 12.9. The fourth-order valence-electron chi connectivity index (χ4n) is 3.85. The Kier molecular flexibility index (Phi) is 13.4. The van der Waals surface area contributed by atoms with Crippen molar-refractivity contribution in [2.75, 3.05) is 13.2 Å². The second-order valence-electron chi connectivity index (χ2n) is 8.92. The van der Waals surface area contributed by atoms with E-state index in [1.54, 1.807) is 6.92 Å². The third-order valence-electron chi connectivity index (χ3n) is 5.92. The minimum absolute atomic E-state index is 0.00233. The van der Waals surface area contributed by atoms with Crippen molar-refractivity contribution in [2.24, 2.45) is 5.73 Å². The molecule has 220 valence electrons. The first kappa shape index (κ1) is 32.4. The Balaban J connectivity index is 2.24. The molecule has 0 radical (unpaired) electrons. The molecule has 3 atom stereocenters. The van der Waals surface area contributed by atoms with Gasteiger partial charge in [-0.25, -0.2) is 4.89 Å². The molecule has 0 fully saturated rings. The molecule has 15 nitrogen and oxygen atoms in total. The summed E-state index contributed by atoms with van der Waals surface area (Å²) in [7, 11) is 0. The Labute approximate surface area is 236 Å². The van der Waals surface area contributed by atoms with Crippen molar-refractivity contribution < 1.29 is 44.2 Å². The number of carbonyl (C=O) groups excluding carboxylic acids is 4. The number of terminal acetylenes is 1. The number of hydrogen-bond donors (Lipinski definition) is 5. The van der Waals surface area contributed by atoms with Crippen LogP contribution in [0.2, 0.25) is 0 Å². The van der Waals surface area contributed by atoms with E-state index >= 15 is 0 Å².